The summed E-state index contributed by atoms with van der Waals surface area (Å²) in [5.41, 5.74) is 1.21. The molecule has 0 amide bonds. The fraction of sp³-hybridized carbons (Fsp3) is 0.583. The van der Waals surface area contributed by atoms with Crippen molar-refractivity contribution in [3.05, 3.63) is 23.9 Å². The molecule has 0 aromatic carbocycles. The van der Waals surface area contributed by atoms with Crippen LogP contribution in [0.1, 0.15) is 18.9 Å². The molecule has 0 N–H and O–H groups in total. The zero-order valence-electron chi connectivity index (χ0n) is 9.53. The molecule has 0 spiro atoms. The maximum Gasteiger partial charge on any atom is 0.128 e. The van der Waals surface area contributed by atoms with Crippen molar-refractivity contribution in [3.63, 3.8) is 0 Å². The van der Waals surface area contributed by atoms with Gasteiger partial charge in [0.1, 0.15) is 5.82 Å². The van der Waals surface area contributed by atoms with Crippen LogP contribution in [0.2, 0.25) is 0 Å². The minimum atomic E-state index is 0.292. The second-order valence-electron chi connectivity index (χ2n) is 4.14. The second-order valence-corrected chi connectivity index (χ2v) is 4.70. The third kappa shape index (κ3) is 2.95. The van der Waals surface area contributed by atoms with Gasteiger partial charge in [0.05, 0.1) is 6.10 Å². The first-order valence-electron chi connectivity index (χ1n) is 5.67. The van der Waals surface area contributed by atoms with Crippen LogP contribution >= 0.6 is 15.9 Å². The van der Waals surface area contributed by atoms with Gasteiger partial charge in [0.15, 0.2) is 0 Å². The van der Waals surface area contributed by atoms with E-state index in [1.165, 1.54) is 5.56 Å². The Kier molecular flexibility index (Phi) is 4.18. The lowest BCUT2D eigenvalue weighted by Gasteiger charge is -2.23. The highest BCUT2D eigenvalue weighted by Crippen LogP contribution is 2.16. The van der Waals surface area contributed by atoms with Crippen molar-refractivity contribution in [3.8, 4) is 0 Å². The number of rotatable bonds is 2. The number of pyridine rings is 1. The summed E-state index contributed by atoms with van der Waals surface area (Å²) in [7, 11) is 0. The summed E-state index contributed by atoms with van der Waals surface area (Å²) in [4.78, 5) is 6.79. The summed E-state index contributed by atoms with van der Waals surface area (Å²) in [6.45, 7) is 4.94. The molecule has 1 fully saturated rings. The first-order chi connectivity index (χ1) is 7.79. The van der Waals surface area contributed by atoms with Crippen molar-refractivity contribution in [2.75, 3.05) is 24.6 Å². The van der Waals surface area contributed by atoms with Gasteiger partial charge in [-0.05, 0) is 25.0 Å². The maximum absolute atomic E-state index is 5.62. The Morgan fingerprint density at radius 2 is 2.44 bits per heavy atom. The first kappa shape index (κ1) is 11.9. The van der Waals surface area contributed by atoms with Crippen LogP contribution in [0.4, 0.5) is 5.82 Å². The normalized spacial score (nSPS) is 21.9. The molecule has 0 aliphatic carbocycles. The van der Waals surface area contributed by atoms with Gasteiger partial charge in [0.2, 0.25) is 0 Å². The van der Waals surface area contributed by atoms with Gasteiger partial charge in [0.25, 0.3) is 0 Å². The summed E-state index contributed by atoms with van der Waals surface area (Å²) in [6, 6.07) is 4.21. The van der Waals surface area contributed by atoms with E-state index in [9.17, 15) is 0 Å². The molecule has 16 heavy (non-hydrogen) atoms. The smallest absolute Gasteiger partial charge is 0.128 e. The molecule has 1 aliphatic heterocycles. The van der Waals surface area contributed by atoms with E-state index in [4.69, 9.17) is 4.74 Å². The van der Waals surface area contributed by atoms with Crippen molar-refractivity contribution in [2.24, 2.45) is 0 Å². The monoisotopic (exact) mass is 284 g/mol. The van der Waals surface area contributed by atoms with Gasteiger partial charge in [-0.1, -0.05) is 22.0 Å². The van der Waals surface area contributed by atoms with Crippen molar-refractivity contribution in [1.29, 1.82) is 0 Å². The maximum atomic E-state index is 5.62. The number of anilines is 1. The summed E-state index contributed by atoms with van der Waals surface area (Å²) in [5.74, 6) is 1.06. The SMILES string of the molecule is CC1CN(c2ccc(CBr)cn2)CCCO1. The molecule has 2 heterocycles. The second kappa shape index (κ2) is 5.64. The first-order valence-corrected chi connectivity index (χ1v) is 6.79. The highest BCUT2D eigenvalue weighted by atomic mass is 79.9. The third-order valence-electron chi connectivity index (χ3n) is 2.74. The molecule has 4 heteroatoms. The Hall–Kier alpha value is -0.610. The molecular weight excluding hydrogens is 268 g/mol. The van der Waals surface area contributed by atoms with E-state index in [0.29, 0.717) is 6.10 Å². The van der Waals surface area contributed by atoms with Crippen LogP contribution < -0.4 is 4.90 Å². The lowest BCUT2D eigenvalue weighted by molar-refractivity contribution is 0.0820. The Morgan fingerprint density at radius 3 is 3.12 bits per heavy atom. The highest BCUT2D eigenvalue weighted by molar-refractivity contribution is 9.08. The van der Waals surface area contributed by atoms with Crippen LogP contribution in [0.3, 0.4) is 0 Å². The average Bonchev–Trinajstić information content (AvgIpc) is 2.54. The summed E-state index contributed by atoms with van der Waals surface area (Å²) in [5, 5.41) is 0.861. The molecule has 1 atom stereocenters. The van der Waals surface area contributed by atoms with Crippen LogP contribution in [0.15, 0.2) is 18.3 Å². The van der Waals surface area contributed by atoms with Gasteiger partial charge >= 0.3 is 0 Å². The number of hydrogen-bond acceptors (Lipinski definition) is 3. The molecule has 0 radical (unpaired) electrons. The van der Waals surface area contributed by atoms with Crippen LogP contribution in [0.5, 0.6) is 0 Å². The molecule has 0 saturated carbocycles. The minimum absolute atomic E-state index is 0.292. The summed E-state index contributed by atoms with van der Waals surface area (Å²) in [6.07, 6.45) is 3.30. The number of halogens is 1. The number of ether oxygens (including phenoxy) is 1. The van der Waals surface area contributed by atoms with Gasteiger partial charge in [-0.2, -0.15) is 0 Å². The Labute approximate surface area is 105 Å². The van der Waals surface area contributed by atoms with Crippen LogP contribution in [-0.2, 0) is 10.1 Å². The van der Waals surface area contributed by atoms with E-state index in [0.717, 1.165) is 37.3 Å². The zero-order chi connectivity index (χ0) is 11.4. The highest BCUT2D eigenvalue weighted by Gasteiger charge is 2.15. The van der Waals surface area contributed by atoms with Crippen molar-refractivity contribution < 1.29 is 4.74 Å². The quantitative estimate of drug-likeness (QED) is 0.781. The average molecular weight is 285 g/mol. The fourth-order valence-electron chi connectivity index (χ4n) is 1.89. The van der Waals surface area contributed by atoms with E-state index < -0.39 is 0 Å². The van der Waals surface area contributed by atoms with Gasteiger partial charge in [-0.25, -0.2) is 4.98 Å². The molecule has 1 aromatic heterocycles. The number of alkyl halides is 1. The molecule has 3 nitrogen and oxygen atoms in total. The summed E-state index contributed by atoms with van der Waals surface area (Å²) < 4.78 is 5.62. The molecule has 1 unspecified atom stereocenters. The van der Waals surface area contributed by atoms with Crippen molar-refractivity contribution >= 4 is 21.7 Å². The third-order valence-corrected chi connectivity index (χ3v) is 3.39. The lowest BCUT2D eigenvalue weighted by atomic mass is 10.3. The Bertz CT molecular complexity index is 328. The molecule has 2 rings (SSSR count). The molecule has 1 saturated heterocycles. The van der Waals surface area contributed by atoms with Gasteiger partial charge < -0.3 is 9.64 Å². The topological polar surface area (TPSA) is 25.4 Å². The van der Waals surface area contributed by atoms with E-state index >= 15 is 0 Å². The molecular formula is C12H17BrN2O. The summed E-state index contributed by atoms with van der Waals surface area (Å²) >= 11 is 3.43. The molecule has 0 bridgehead atoms. The van der Waals surface area contributed by atoms with Crippen molar-refractivity contribution in [1.82, 2.24) is 4.98 Å². The molecule has 88 valence electrons. The van der Waals surface area contributed by atoms with E-state index in [2.05, 4.69) is 44.9 Å². The predicted molar refractivity (Wildman–Crippen MR) is 69.1 cm³/mol. The van der Waals surface area contributed by atoms with E-state index in [1.807, 2.05) is 6.20 Å². The van der Waals surface area contributed by atoms with E-state index in [1.54, 1.807) is 0 Å². The zero-order valence-corrected chi connectivity index (χ0v) is 11.1. The number of nitrogens with zero attached hydrogens (tertiary/aromatic N) is 2. The van der Waals surface area contributed by atoms with Gasteiger partial charge in [0, 0.05) is 31.2 Å². The lowest BCUT2D eigenvalue weighted by Crippen LogP contribution is -2.30. The van der Waals surface area contributed by atoms with Gasteiger partial charge in [-0.3, -0.25) is 0 Å². The molecule has 1 aliphatic rings. The van der Waals surface area contributed by atoms with E-state index in [-0.39, 0.29) is 0 Å². The number of hydrogen-bond donors (Lipinski definition) is 0. The largest absolute Gasteiger partial charge is 0.377 e. The van der Waals surface area contributed by atoms with Crippen molar-refractivity contribution in [2.45, 2.75) is 24.8 Å². The predicted octanol–water partition coefficient (Wildman–Crippen LogP) is 2.59. The van der Waals surface area contributed by atoms with Crippen LogP contribution in [-0.4, -0.2) is 30.8 Å². The Morgan fingerprint density at radius 1 is 1.56 bits per heavy atom. The minimum Gasteiger partial charge on any atom is -0.377 e. The van der Waals surface area contributed by atoms with Crippen LogP contribution in [0, 0.1) is 0 Å². The number of aromatic nitrogens is 1. The fourth-order valence-corrected chi connectivity index (χ4v) is 2.22. The molecule has 1 aromatic rings. The standard InChI is InChI=1S/C12H17BrN2O/c1-10-9-15(5-2-6-16-10)12-4-3-11(7-13)8-14-12/h3-4,8,10H,2,5-7,9H2,1H3. The van der Waals surface area contributed by atoms with Gasteiger partial charge in [-0.15, -0.1) is 0 Å². The Balaban J connectivity index is 2.09. The van der Waals surface area contributed by atoms with Crippen LogP contribution in [0.25, 0.3) is 0 Å².